The number of halogens is 1. The zero-order chi connectivity index (χ0) is 15.2. The maximum atomic E-state index is 10.6. The van der Waals surface area contributed by atoms with E-state index in [1.807, 2.05) is 18.2 Å². The van der Waals surface area contributed by atoms with Crippen molar-refractivity contribution in [2.45, 2.75) is 44.7 Å². The van der Waals surface area contributed by atoms with Crippen molar-refractivity contribution in [3.05, 3.63) is 34.3 Å². The fourth-order valence-electron chi connectivity index (χ4n) is 2.73. The van der Waals surface area contributed by atoms with E-state index in [4.69, 9.17) is 22.4 Å². The highest BCUT2D eigenvalue weighted by Gasteiger charge is 2.14. The van der Waals surface area contributed by atoms with E-state index in [0.29, 0.717) is 6.42 Å². The molecule has 4 nitrogen and oxygen atoms in total. The first-order valence-corrected chi connectivity index (χ1v) is 7.92. The third kappa shape index (κ3) is 4.99. The number of benzene rings is 1. The van der Waals surface area contributed by atoms with Crippen LogP contribution >= 0.6 is 11.6 Å². The van der Waals surface area contributed by atoms with Gasteiger partial charge in [0.1, 0.15) is 0 Å². The van der Waals surface area contributed by atoms with Crippen LogP contribution in [0.5, 0.6) is 0 Å². The van der Waals surface area contributed by atoms with Crippen molar-refractivity contribution in [2.75, 3.05) is 13.1 Å². The van der Waals surface area contributed by atoms with E-state index < -0.39 is 5.97 Å². The van der Waals surface area contributed by atoms with Crippen molar-refractivity contribution in [2.24, 2.45) is 5.73 Å². The molecule has 1 atom stereocenters. The van der Waals surface area contributed by atoms with Crippen molar-refractivity contribution in [1.29, 1.82) is 0 Å². The molecule has 0 radical (unpaired) electrons. The number of nitrogens with zero attached hydrogens (tertiary/aromatic N) is 1. The van der Waals surface area contributed by atoms with Crippen LogP contribution in [0.2, 0.25) is 5.02 Å². The summed E-state index contributed by atoms with van der Waals surface area (Å²) < 4.78 is 0. The second kappa shape index (κ2) is 7.78. The van der Waals surface area contributed by atoms with Gasteiger partial charge in [-0.1, -0.05) is 30.2 Å². The van der Waals surface area contributed by atoms with Gasteiger partial charge in [-0.2, -0.15) is 0 Å². The molecule has 1 saturated heterocycles. The molecular weight excluding hydrogens is 288 g/mol. The molecule has 0 aromatic heterocycles. The first-order valence-electron chi connectivity index (χ1n) is 7.54. The van der Waals surface area contributed by atoms with Crippen LogP contribution in [0.4, 0.5) is 0 Å². The average molecular weight is 311 g/mol. The van der Waals surface area contributed by atoms with Gasteiger partial charge in [-0.15, -0.1) is 0 Å². The van der Waals surface area contributed by atoms with Crippen LogP contribution in [-0.2, 0) is 11.3 Å². The van der Waals surface area contributed by atoms with Crippen LogP contribution in [-0.4, -0.2) is 29.1 Å². The lowest BCUT2D eigenvalue weighted by atomic mass is 10.0. The molecule has 2 rings (SSSR count). The highest BCUT2D eigenvalue weighted by molar-refractivity contribution is 6.31. The maximum Gasteiger partial charge on any atom is 0.303 e. The summed E-state index contributed by atoms with van der Waals surface area (Å²) in [5.74, 6) is -0.821. The van der Waals surface area contributed by atoms with Crippen LogP contribution in [0, 0.1) is 0 Å². The predicted octanol–water partition coefficient (Wildman–Crippen LogP) is 3.19. The van der Waals surface area contributed by atoms with Gasteiger partial charge in [0.05, 0.1) is 0 Å². The summed E-state index contributed by atoms with van der Waals surface area (Å²) in [7, 11) is 0. The molecule has 0 saturated carbocycles. The monoisotopic (exact) mass is 310 g/mol. The van der Waals surface area contributed by atoms with Gasteiger partial charge in [0, 0.05) is 24.0 Å². The Morgan fingerprint density at radius 1 is 1.33 bits per heavy atom. The number of carbonyl (C=O) groups is 1. The van der Waals surface area contributed by atoms with Crippen molar-refractivity contribution in [3.63, 3.8) is 0 Å². The van der Waals surface area contributed by atoms with Gasteiger partial charge < -0.3 is 10.8 Å². The molecular formula is C16H23ClN2O2. The van der Waals surface area contributed by atoms with Crippen molar-refractivity contribution >= 4 is 17.6 Å². The summed E-state index contributed by atoms with van der Waals surface area (Å²) in [6, 6.07) is 5.60. The van der Waals surface area contributed by atoms with Gasteiger partial charge in [-0.05, 0) is 49.5 Å². The molecule has 0 spiro atoms. The lowest BCUT2D eigenvalue weighted by molar-refractivity contribution is -0.137. The molecule has 1 aromatic carbocycles. The van der Waals surface area contributed by atoms with Crippen LogP contribution < -0.4 is 5.73 Å². The topological polar surface area (TPSA) is 66.6 Å². The lowest BCUT2D eigenvalue weighted by Crippen LogP contribution is -2.29. The first kappa shape index (κ1) is 16.3. The number of hydrogen-bond donors (Lipinski definition) is 2. The smallest absolute Gasteiger partial charge is 0.303 e. The molecule has 1 aliphatic heterocycles. The van der Waals surface area contributed by atoms with Gasteiger partial charge in [-0.25, -0.2) is 0 Å². The molecule has 0 aliphatic carbocycles. The van der Waals surface area contributed by atoms with Gasteiger partial charge in [0.2, 0.25) is 0 Å². The van der Waals surface area contributed by atoms with E-state index in [9.17, 15) is 4.79 Å². The number of aliphatic carboxylic acids is 1. The van der Waals surface area contributed by atoms with Gasteiger partial charge >= 0.3 is 5.97 Å². The van der Waals surface area contributed by atoms with Crippen LogP contribution in [0.15, 0.2) is 18.2 Å². The Labute approximate surface area is 130 Å². The van der Waals surface area contributed by atoms with E-state index in [0.717, 1.165) is 35.8 Å². The lowest BCUT2D eigenvalue weighted by Gasteiger charge is -2.27. The summed E-state index contributed by atoms with van der Waals surface area (Å²) in [5.41, 5.74) is 8.04. The molecule has 3 N–H and O–H groups in total. The number of carboxylic acid groups (broad SMARTS) is 1. The minimum atomic E-state index is -0.821. The van der Waals surface area contributed by atoms with E-state index in [2.05, 4.69) is 4.90 Å². The van der Waals surface area contributed by atoms with E-state index >= 15 is 0 Å². The average Bonchev–Trinajstić information content (AvgIpc) is 2.48. The van der Waals surface area contributed by atoms with Crippen LogP contribution in [0.3, 0.4) is 0 Å². The van der Waals surface area contributed by atoms with E-state index in [1.54, 1.807) is 0 Å². The molecule has 1 unspecified atom stereocenters. The Hall–Kier alpha value is -1.10. The second-order valence-electron chi connectivity index (χ2n) is 5.73. The maximum absolute atomic E-state index is 10.6. The number of nitrogens with two attached hydrogens (primary N) is 1. The molecule has 1 aromatic rings. The van der Waals surface area contributed by atoms with Gasteiger partial charge in [-0.3, -0.25) is 9.69 Å². The third-order valence-corrected chi connectivity index (χ3v) is 4.37. The summed E-state index contributed by atoms with van der Waals surface area (Å²) in [6.07, 6.45) is 4.35. The molecule has 1 aliphatic rings. The summed E-state index contributed by atoms with van der Waals surface area (Å²) >= 11 is 6.36. The molecule has 1 fully saturated rings. The molecule has 0 amide bonds. The molecule has 116 valence electrons. The zero-order valence-corrected chi connectivity index (χ0v) is 13.0. The van der Waals surface area contributed by atoms with Crippen molar-refractivity contribution < 1.29 is 9.90 Å². The number of hydrogen-bond acceptors (Lipinski definition) is 3. The minimum absolute atomic E-state index is 0.0777. The van der Waals surface area contributed by atoms with Gasteiger partial charge in [0.25, 0.3) is 0 Å². The predicted molar refractivity (Wildman–Crippen MR) is 84.4 cm³/mol. The van der Waals surface area contributed by atoms with E-state index in [1.165, 1.54) is 19.3 Å². The van der Waals surface area contributed by atoms with E-state index in [-0.39, 0.29) is 12.5 Å². The highest BCUT2D eigenvalue weighted by atomic mass is 35.5. The zero-order valence-electron chi connectivity index (χ0n) is 12.2. The minimum Gasteiger partial charge on any atom is -0.481 e. The molecule has 5 heteroatoms. The second-order valence-corrected chi connectivity index (χ2v) is 6.13. The molecule has 0 bridgehead atoms. The quantitative estimate of drug-likeness (QED) is 0.847. The van der Waals surface area contributed by atoms with Crippen LogP contribution in [0.25, 0.3) is 0 Å². The van der Waals surface area contributed by atoms with Crippen molar-refractivity contribution in [1.82, 2.24) is 4.90 Å². The largest absolute Gasteiger partial charge is 0.481 e. The number of likely N-dealkylation sites (tertiary alicyclic amines) is 1. The van der Waals surface area contributed by atoms with Crippen molar-refractivity contribution in [3.8, 4) is 0 Å². The normalized spacial score (nSPS) is 17.6. The number of carboxylic acids is 1. The third-order valence-electron chi connectivity index (χ3n) is 4.02. The Bertz CT molecular complexity index is 487. The number of piperidine rings is 1. The fraction of sp³-hybridized carbons (Fsp3) is 0.562. The summed E-state index contributed by atoms with van der Waals surface area (Å²) in [4.78, 5) is 13.0. The fourth-order valence-corrected chi connectivity index (χ4v) is 2.98. The Kier molecular flexibility index (Phi) is 6.03. The first-order chi connectivity index (χ1) is 10.1. The van der Waals surface area contributed by atoms with Crippen LogP contribution in [0.1, 0.15) is 49.3 Å². The standard InChI is InChI=1S/C16H23ClN2O2/c17-14-10-12(15(18)6-7-16(20)21)4-5-13(14)11-19-8-2-1-3-9-19/h4-5,10,15H,1-3,6-9,11,18H2,(H,20,21). The number of rotatable bonds is 6. The SMILES string of the molecule is NC(CCC(=O)O)c1ccc(CN2CCCCC2)c(Cl)c1. The Morgan fingerprint density at radius 3 is 2.67 bits per heavy atom. The Morgan fingerprint density at radius 2 is 2.05 bits per heavy atom. The molecule has 21 heavy (non-hydrogen) atoms. The Balaban J connectivity index is 1.97. The van der Waals surface area contributed by atoms with Gasteiger partial charge in [0.15, 0.2) is 0 Å². The summed E-state index contributed by atoms with van der Waals surface area (Å²) in [6.45, 7) is 3.15. The summed E-state index contributed by atoms with van der Waals surface area (Å²) in [5, 5.41) is 9.43. The molecule has 1 heterocycles. The highest BCUT2D eigenvalue weighted by Crippen LogP contribution is 2.25.